The van der Waals surface area contributed by atoms with E-state index in [0.29, 0.717) is 10.2 Å². The van der Waals surface area contributed by atoms with E-state index in [0.717, 1.165) is 16.2 Å². The molecule has 6 heteroatoms. The number of anilines is 1. The Morgan fingerprint density at radius 1 is 1.17 bits per heavy atom. The summed E-state index contributed by atoms with van der Waals surface area (Å²) in [6.45, 7) is 1.86. The maximum atomic E-state index is 12.4. The SMILES string of the molecule is C[C@H](Sc1ccccc1Cl)C(=O)Nc1nc(-c2ccccc2)cs1. The summed E-state index contributed by atoms with van der Waals surface area (Å²) in [6, 6.07) is 17.4. The molecule has 3 aromatic rings. The number of hydrogen-bond donors (Lipinski definition) is 1. The van der Waals surface area contributed by atoms with Gasteiger partial charge >= 0.3 is 0 Å². The van der Waals surface area contributed by atoms with Gasteiger partial charge in [-0.1, -0.05) is 54.1 Å². The highest BCUT2D eigenvalue weighted by molar-refractivity contribution is 8.00. The van der Waals surface area contributed by atoms with Gasteiger partial charge in [0, 0.05) is 15.8 Å². The molecule has 0 bridgehead atoms. The average Bonchev–Trinajstić information content (AvgIpc) is 3.06. The van der Waals surface area contributed by atoms with Crippen molar-refractivity contribution in [3.05, 3.63) is 65.0 Å². The number of carbonyl (C=O) groups is 1. The highest BCUT2D eigenvalue weighted by Crippen LogP contribution is 2.31. The van der Waals surface area contributed by atoms with Crippen molar-refractivity contribution >= 4 is 45.7 Å². The van der Waals surface area contributed by atoms with Crippen LogP contribution in [-0.2, 0) is 4.79 Å². The minimum absolute atomic E-state index is 0.0890. The van der Waals surface area contributed by atoms with Crippen molar-refractivity contribution in [2.24, 2.45) is 0 Å². The largest absolute Gasteiger partial charge is 0.301 e. The smallest absolute Gasteiger partial charge is 0.239 e. The molecule has 3 rings (SSSR count). The first-order valence-electron chi connectivity index (χ1n) is 7.36. The molecule has 0 fully saturated rings. The second-order valence-corrected chi connectivity index (χ2v) is 7.73. The van der Waals surface area contributed by atoms with Crippen LogP contribution in [0.15, 0.2) is 64.9 Å². The summed E-state index contributed by atoms with van der Waals surface area (Å²) < 4.78 is 0. The summed E-state index contributed by atoms with van der Waals surface area (Å²) in [6.07, 6.45) is 0. The molecule has 24 heavy (non-hydrogen) atoms. The van der Waals surface area contributed by atoms with Gasteiger partial charge in [0.05, 0.1) is 16.0 Å². The summed E-state index contributed by atoms with van der Waals surface area (Å²) in [7, 11) is 0. The van der Waals surface area contributed by atoms with Crippen LogP contribution in [0.2, 0.25) is 5.02 Å². The molecule has 1 atom stereocenters. The summed E-state index contributed by atoms with van der Waals surface area (Å²) in [5.74, 6) is -0.0890. The number of aromatic nitrogens is 1. The Hall–Kier alpha value is -1.82. The van der Waals surface area contributed by atoms with Crippen molar-refractivity contribution in [2.45, 2.75) is 17.1 Å². The number of thioether (sulfide) groups is 1. The Morgan fingerprint density at radius 3 is 2.62 bits per heavy atom. The Morgan fingerprint density at radius 2 is 1.88 bits per heavy atom. The Bertz CT molecular complexity index is 836. The van der Waals surface area contributed by atoms with Gasteiger partial charge in [-0.3, -0.25) is 4.79 Å². The van der Waals surface area contributed by atoms with E-state index in [-0.39, 0.29) is 11.2 Å². The quantitative estimate of drug-likeness (QED) is 0.592. The van der Waals surface area contributed by atoms with Gasteiger partial charge in [-0.2, -0.15) is 0 Å². The van der Waals surface area contributed by atoms with Crippen LogP contribution in [0.1, 0.15) is 6.92 Å². The molecule has 0 saturated carbocycles. The number of nitrogens with one attached hydrogen (secondary N) is 1. The molecule has 1 N–H and O–H groups in total. The maximum absolute atomic E-state index is 12.4. The van der Waals surface area contributed by atoms with Gasteiger partial charge in [-0.15, -0.1) is 23.1 Å². The van der Waals surface area contributed by atoms with Gasteiger partial charge < -0.3 is 5.32 Å². The van der Waals surface area contributed by atoms with E-state index >= 15 is 0 Å². The maximum Gasteiger partial charge on any atom is 0.239 e. The van der Waals surface area contributed by atoms with Crippen molar-refractivity contribution < 1.29 is 4.79 Å². The van der Waals surface area contributed by atoms with E-state index in [9.17, 15) is 4.79 Å². The third kappa shape index (κ3) is 4.17. The van der Waals surface area contributed by atoms with Crippen LogP contribution in [0.5, 0.6) is 0 Å². The third-order valence-electron chi connectivity index (χ3n) is 3.31. The number of benzene rings is 2. The van der Waals surface area contributed by atoms with Crippen LogP contribution in [0, 0.1) is 0 Å². The van der Waals surface area contributed by atoms with Crippen molar-refractivity contribution in [1.82, 2.24) is 4.98 Å². The lowest BCUT2D eigenvalue weighted by Gasteiger charge is -2.11. The van der Waals surface area contributed by atoms with E-state index in [1.165, 1.54) is 23.1 Å². The third-order valence-corrected chi connectivity index (χ3v) is 5.69. The standard InChI is InChI=1S/C18H15ClN2OS2/c1-12(24-16-10-6-5-9-14(16)19)17(22)21-18-20-15(11-23-18)13-7-3-2-4-8-13/h2-12H,1H3,(H,20,21,22)/t12-/m0/s1. The highest BCUT2D eigenvalue weighted by Gasteiger charge is 2.17. The van der Waals surface area contributed by atoms with E-state index in [4.69, 9.17) is 11.6 Å². The van der Waals surface area contributed by atoms with E-state index in [1.54, 1.807) is 0 Å². The molecule has 0 aliphatic heterocycles. The molecule has 0 saturated heterocycles. The van der Waals surface area contributed by atoms with Crippen molar-refractivity contribution in [1.29, 1.82) is 0 Å². The van der Waals surface area contributed by atoms with Gasteiger partial charge in [-0.05, 0) is 19.1 Å². The summed E-state index contributed by atoms with van der Waals surface area (Å²) in [5, 5.41) is 5.81. The predicted octanol–water partition coefficient (Wildman–Crippen LogP) is 5.58. The molecule has 3 nitrogen and oxygen atoms in total. The molecule has 0 radical (unpaired) electrons. The number of thiazole rings is 1. The first kappa shape index (κ1) is 17.0. The first-order chi connectivity index (χ1) is 11.6. The zero-order valence-electron chi connectivity index (χ0n) is 12.9. The molecule has 2 aromatic carbocycles. The summed E-state index contributed by atoms with van der Waals surface area (Å²) in [4.78, 5) is 17.7. The zero-order valence-corrected chi connectivity index (χ0v) is 15.3. The molecule has 0 spiro atoms. The zero-order chi connectivity index (χ0) is 16.9. The lowest BCUT2D eigenvalue weighted by Crippen LogP contribution is -2.22. The summed E-state index contributed by atoms with van der Waals surface area (Å²) >= 11 is 9.00. The number of carbonyl (C=O) groups excluding carboxylic acids is 1. The first-order valence-corrected chi connectivity index (χ1v) is 9.50. The van der Waals surface area contributed by atoms with E-state index in [2.05, 4.69) is 10.3 Å². The van der Waals surface area contributed by atoms with Crippen LogP contribution in [-0.4, -0.2) is 16.1 Å². The number of nitrogens with zero attached hydrogens (tertiary/aromatic N) is 1. The van der Waals surface area contributed by atoms with Crippen LogP contribution in [0.3, 0.4) is 0 Å². The fourth-order valence-corrected chi connectivity index (χ4v) is 3.94. The summed E-state index contributed by atoms with van der Waals surface area (Å²) in [5.41, 5.74) is 1.90. The average molecular weight is 375 g/mol. The van der Waals surface area contributed by atoms with E-state index in [1.807, 2.05) is 66.9 Å². The van der Waals surface area contributed by atoms with Crippen LogP contribution in [0.25, 0.3) is 11.3 Å². The van der Waals surface area contributed by atoms with Gasteiger partial charge in [0.15, 0.2) is 5.13 Å². The van der Waals surface area contributed by atoms with Gasteiger partial charge in [0.2, 0.25) is 5.91 Å². The van der Waals surface area contributed by atoms with Crippen molar-refractivity contribution in [3.63, 3.8) is 0 Å². The fraction of sp³-hybridized carbons (Fsp3) is 0.111. The predicted molar refractivity (Wildman–Crippen MR) is 103 cm³/mol. The Labute approximate surface area is 154 Å². The topological polar surface area (TPSA) is 42.0 Å². The second-order valence-electron chi connectivity index (χ2n) is 5.08. The number of halogens is 1. The van der Waals surface area contributed by atoms with Crippen molar-refractivity contribution in [3.8, 4) is 11.3 Å². The number of rotatable bonds is 5. The lowest BCUT2D eigenvalue weighted by atomic mass is 10.2. The number of hydrogen-bond acceptors (Lipinski definition) is 4. The van der Waals surface area contributed by atoms with Gasteiger partial charge in [-0.25, -0.2) is 4.98 Å². The molecule has 0 aliphatic carbocycles. The lowest BCUT2D eigenvalue weighted by molar-refractivity contribution is -0.115. The monoisotopic (exact) mass is 374 g/mol. The van der Waals surface area contributed by atoms with Gasteiger partial charge in [0.1, 0.15) is 0 Å². The van der Waals surface area contributed by atoms with Crippen LogP contribution in [0.4, 0.5) is 5.13 Å². The molecule has 122 valence electrons. The van der Waals surface area contributed by atoms with Crippen LogP contribution >= 0.6 is 34.7 Å². The minimum Gasteiger partial charge on any atom is -0.301 e. The van der Waals surface area contributed by atoms with Crippen molar-refractivity contribution in [2.75, 3.05) is 5.32 Å². The Balaban J connectivity index is 1.65. The fourth-order valence-electron chi connectivity index (χ4n) is 2.06. The van der Waals surface area contributed by atoms with E-state index < -0.39 is 0 Å². The molecular weight excluding hydrogens is 360 g/mol. The molecule has 0 unspecified atom stereocenters. The molecule has 1 aromatic heterocycles. The van der Waals surface area contributed by atoms with Crippen LogP contribution < -0.4 is 5.32 Å². The second kappa shape index (κ2) is 7.83. The minimum atomic E-state index is -0.269. The molecule has 0 aliphatic rings. The normalized spacial score (nSPS) is 11.9. The number of amides is 1. The molecule has 1 heterocycles. The molecular formula is C18H15ClN2OS2. The molecule has 1 amide bonds. The Kier molecular flexibility index (Phi) is 5.56. The highest BCUT2D eigenvalue weighted by atomic mass is 35.5. The van der Waals surface area contributed by atoms with Gasteiger partial charge in [0.25, 0.3) is 0 Å².